The van der Waals surface area contributed by atoms with E-state index < -0.39 is 10.0 Å². The summed E-state index contributed by atoms with van der Waals surface area (Å²) in [6.07, 6.45) is 4.58. The van der Waals surface area contributed by atoms with Crippen molar-refractivity contribution in [1.29, 1.82) is 5.26 Å². The van der Waals surface area contributed by atoms with E-state index in [1.807, 2.05) is 6.07 Å². The molecule has 27 heavy (non-hydrogen) atoms. The molecule has 0 aliphatic carbocycles. The maximum atomic E-state index is 12.3. The predicted octanol–water partition coefficient (Wildman–Crippen LogP) is 2.84. The van der Waals surface area contributed by atoms with E-state index in [0.29, 0.717) is 22.8 Å². The monoisotopic (exact) mass is 401 g/mol. The molecule has 0 aliphatic rings. The highest BCUT2D eigenvalue weighted by Crippen LogP contribution is 2.24. The van der Waals surface area contributed by atoms with Crippen LogP contribution >= 0.6 is 11.6 Å². The lowest BCUT2D eigenvalue weighted by atomic mass is 10.1. The summed E-state index contributed by atoms with van der Waals surface area (Å²) in [6, 6.07) is 11.6. The van der Waals surface area contributed by atoms with Gasteiger partial charge in [-0.25, -0.2) is 13.1 Å². The predicted molar refractivity (Wildman–Crippen MR) is 101 cm³/mol. The Morgan fingerprint density at radius 3 is 2.81 bits per heavy atom. The van der Waals surface area contributed by atoms with Crippen LogP contribution in [0, 0.1) is 11.3 Å². The van der Waals surface area contributed by atoms with E-state index in [0.717, 1.165) is 5.56 Å². The Labute approximate surface area is 162 Å². The van der Waals surface area contributed by atoms with Crippen LogP contribution in [0.25, 0.3) is 11.3 Å². The van der Waals surface area contributed by atoms with Crippen molar-refractivity contribution in [3.05, 3.63) is 65.6 Å². The van der Waals surface area contributed by atoms with Gasteiger partial charge in [0.15, 0.2) is 0 Å². The number of nitrogens with one attached hydrogen (secondary N) is 1. The van der Waals surface area contributed by atoms with Crippen molar-refractivity contribution in [2.75, 3.05) is 0 Å². The minimum atomic E-state index is -3.64. The van der Waals surface area contributed by atoms with Gasteiger partial charge in [0.05, 0.1) is 22.8 Å². The second-order valence-electron chi connectivity index (χ2n) is 5.94. The second kappa shape index (κ2) is 7.88. The van der Waals surface area contributed by atoms with Gasteiger partial charge in [-0.15, -0.1) is 0 Å². The van der Waals surface area contributed by atoms with E-state index in [1.165, 1.54) is 18.5 Å². The number of sulfonamides is 1. The van der Waals surface area contributed by atoms with Gasteiger partial charge < -0.3 is 0 Å². The molecule has 0 spiro atoms. The first kappa shape index (κ1) is 19.0. The molecule has 0 saturated heterocycles. The Morgan fingerprint density at radius 2 is 2.15 bits per heavy atom. The number of rotatable bonds is 6. The number of hydrogen-bond acceptors (Lipinski definition) is 5. The van der Waals surface area contributed by atoms with Crippen molar-refractivity contribution < 1.29 is 8.42 Å². The van der Waals surface area contributed by atoms with Crippen molar-refractivity contribution in [1.82, 2.24) is 19.5 Å². The molecule has 9 heteroatoms. The lowest BCUT2D eigenvalue weighted by Gasteiger charge is -2.14. The van der Waals surface area contributed by atoms with E-state index >= 15 is 0 Å². The third-order valence-corrected chi connectivity index (χ3v) is 5.68. The summed E-state index contributed by atoms with van der Waals surface area (Å²) < 4.78 is 28.9. The summed E-state index contributed by atoms with van der Waals surface area (Å²) in [7, 11) is -3.64. The van der Waals surface area contributed by atoms with Crippen LogP contribution in [0.15, 0.2) is 59.9 Å². The first-order valence-electron chi connectivity index (χ1n) is 8.05. The highest BCUT2D eigenvalue weighted by molar-refractivity contribution is 7.89. The van der Waals surface area contributed by atoms with Crippen LogP contribution in [-0.2, 0) is 16.6 Å². The van der Waals surface area contributed by atoms with E-state index in [9.17, 15) is 8.42 Å². The first-order valence-corrected chi connectivity index (χ1v) is 9.91. The molecule has 7 nitrogen and oxygen atoms in total. The zero-order valence-corrected chi connectivity index (χ0v) is 15.9. The average molecular weight is 402 g/mol. The molecule has 2 aromatic heterocycles. The number of pyridine rings is 1. The fourth-order valence-electron chi connectivity index (χ4n) is 2.54. The van der Waals surface area contributed by atoms with Gasteiger partial charge in [0, 0.05) is 30.2 Å². The average Bonchev–Trinajstić information content (AvgIpc) is 3.10. The van der Waals surface area contributed by atoms with Gasteiger partial charge >= 0.3 is 0 Å². The minimum absolute atomic E-state index is 0.116. The van der Waals surface area contributed by atoms with Crippen LogP contribution in [0.5, 0.6) is 0 Å². The van der Waals surface area contributed by atoms with E-state index in [4.69, 9.17) is 16.9 Å². The molecule has 0 aliphatic heterocycles. The molecule has 0 saturated carbocycles. The minimum Gasteiger partial charge on any atom is -0.271 e. The lowest BCUT2D eigenvalue weighted by Crippen LogP contribution is -2.35. The Balaban J connectivity index is 1.70. The summed E-state index contributed by atoms with van der Waals surface area (Å²) in [5.74, 6) is 0. The summed E-state index contributed by atoms with van der Waals surface area (Å²) in [5, 5.41) is 13.8. The van der Waals surface area contributed by atoms with Crippen molar-refractivity contribution in [2.24, 2.45) is 0 Å². The number of nitrogens with zero attached hydrogens (tertiary/aromatic N) is 4. The molecular formula is C18H16ClN5O2S. The highest BCUT2D eigenvalue weighted by Gasteiger charge is 2.18. The van der Waals surface area contributed by atoms with Crippen LogP contribution in [0.4, 0.5) is 0 Å². The molecule has 0 bridgehead atoms. The van der Waals surface area contributed by atoms with Gasteiger partial charge in [0.25, 0.3) is 0 Å². The number of aromatic nitrogens is 3. The van der Waals surface area contributed by atoms with Crippen molar-refractivity contribution in [3.8, 4) is 17.3 Å². The highest BCUT2D eigenvalue weighted by atomic mass is 35.5. The topological polar surface area (TPSA) is 101 Å². The summed E-state index contributed by atoms with van der Waals surface area (Å²) in [5.41, 5.74) is 1.86. The number of benzene rings is 1. The van der Waals surface area contributed by atoms with Crippen molar-refractivity contribution in [3.63, 3.8) is 0 Å². The Bertz CT molecular complexity index is 1090. The zero-order valence-electron chi connectivity index (χ0n) is 14.4. The molecule has 0 radical (unpaired) electrons. The fourth-order valence-corrected chi connectivity index (χ4v) is 3.96. The molecule has 1 atom stereocenters. The molecule has 1 aromatic carbocycles. The molecule has 0 fully saturated rings. The van der Waals surface area contributed by atoms with Gasteiger partial charge in [0.1, 0.15) is 11.0 Å². The maximum Gasteiger partial charge on any atom is 0.242 e. The van der Waals surface area contributed by atoms with Gasteiger partial charge in [0.2, 0.25) is 10.0 Å². The number of hydrogen-bond donors (Lipinski definition) is 1. The Morgan fingerprint density at radius 1 is 1.33 bits per heavy atom. The Kier molecular flexibility index (Phi) is 5.56. The third kappa shape index (κ3) is 4.52. The molecule has 3 aromatic rings. The van der Waals surface area contributed by atoms with Crippen LogP contribution in [0.2, 0.25) is 5.02 Å². The lowest BCUT2D eigenvalue weighted by molar-refractivity contribution is 0.494. The molecule has 0 amide bonds. The smallest absolute Gasteiger partial charge is 0.242 e. The van der Waals surface area contributed by atoms with Gasteiger partial charge in [-0.2, -0.15) is 10.4 Å². The van der Waals surface area contributed by atoms with E-state index in [2.05, 4.69) is 14.8 Å². The number of nitriles is 1. The maximum absolute atomic E-state index is 12.3. The van der Waals surface area contributed by atoms with Gasteiger partial charge in [-0.1, -0.05) is 17.7 Å². The summed E-state index contributed by atoms with van der Waals surface area (Å²) in [6.45, 7) is 2.11. The molecule has 0 unspecified atom stereocenters. The summed E-state index contributed by atoms with van der Waals surface area (Å²) in [4.78, 5) is 3.95. The summed E-state index contributed by atoms with van der Waals surface area (Å²) >= 11 is 6.06. The quantitative estimate of drug-likeness (QED) is 0.684. The normalized spacial score (nSPS) is 12.5. The van der Waals surface area contributed by atoms with E-state index in [-0.39, 0.29) is 10.9 Å². The molecule has 3 rings (SSSR count). The molecule has 1 N–H and O–H groups in total. The second-order valence-corrected chi connectivity index (χ2v) is 8.06. The SMILES string of the molecule is C[C@@H](Cn1ccc(-c2ccc(C#N)c(Cl)c2)n1)NS(=O)(=O)c1cccnc1. The first-order chi connectivity index (χ1) is 12.9. The van der Waals surface area contributed by atoms with Crippen LogP contribution < -0.4 is 4.72 Å². The molecule has 138 valence electrons. The molecular weight excluding hydrogens is 386 g/mol. The van der Waals surface area contributed by atoms with Gasteiger partial charge in [-0.05, 0) is 37.3 Å². The van der Waals surface area contributed by atoms with Crippen LogP contribution in [0.1, 0.15) is 12.5 Å². The third-order valence-electron chi connectivity index (χ3n) is 3.79. The Hall–Kier alpha value is -2.73. The number of halogens is 1. The fraction of sp³-hybridized carbons (Fsp3) is 0.167. The van der Waals surface area contributed by atoms with Crippen LogP contribution in [0.3, 0.4) is 0 Å². The van der Waals surface area contributed by atoms with Crippen LogP contribution in [-0.4, -0.2) is 29.2 Å². The van der Waals surface area contributed by atoms with Crippen molar-refractivity contribution >= 4 is 21.6 Å². The standard InChI is InChI=1S/C18H16ClN5O2S/c1-13(23-27(25,26)16-3-2-7-21-11-16)12-24-8-6-18(22-24)14-4-5-15(10-20)17(19)9-14/h2-9,11,13,23H,12H2,1H3/t13-/m0/s1. The van der Waals surface area contributed by atoms with E-state index in [1.54, 1.807) is 48.1 Å². The molecule has 2 heterocycles. The largest absolute Gasteiger partial charge is 0.271 e. The van der Waals surface area contributed by atoms with Crippen molar-refractivity contribution in [2.45, 2.75) is 24.4 Å². The zero-order chi connectivity index (χ0) is 19.4. The van der Waals surface area contributed by atoms with Gasteiger partial charge in [-0.3, -0.25) is 9.67 Å².